The zero-order chi connectivity index (χ0) is 40.3. The average molecular weight is 767 g/mol. The van der Waals surface area contributed by atoms with Crippen molar-refractivity contribution in [2.24, 2.45) is 11.1 Å². The minimum Gasteiger partial charge on any atom is -0.486 e. The Morgan fingerprint density at radius 3 is 2.16 bits per heavy atom. The Kier molecular flexibility index (Phi) is 12.0. The van der Waals surface area contributed by atoms with E-state index in [0.717, 1.165) is 76.1 Å². The number of ketones is 1. The lowest BCUT2D eigenvalue weighted by Gasteiger charge is -2.20. The van der Waals surface area contributed by atoms with Crippen LogP contribution in [0.25, 0.3) is 32.6 Å². The number of carbonyl (C=O) groups is 2. The first-order valence-electron chi connectivity index (χ1n) is 19.0. The first-order valence-corrected chi connectivity index (χ1v) is 19.0. The summed E-state index contributed by atoms with van der Waals surface area (Å²) in [6.07, 6.45) is 0.259. The number of fused-ring (bicyclic) bond motifs is 5. The molecule has 0 saturated carbocycles. The third kappa shape index (κ3) is 8.06. The first-order chi connectivity index (χ1) is 26.7. The van der Waals surface area contributed by atoms with Gasteiger partial charge in [0.2, 0.25) is 0 Å². The van der Waals surface area contributed by atoms with Gasteiger partial charge in [-0.1, -0.05) is 92.4 Å². The van der Waals surface area contributed by atoms with Crippen molar-refractivity contribution in [1.82, 2.24) is 4.57 Å². The number of para-hydroxylation sites is 1. The van der Waals surface area contributed by atoms with Crippen LogP contribution in [0.3, 0.4) is 0 Å². The van der Waals surface area contributed by atoms with Crippen molar-refractivity contribution in [2.45, 2.75) is 86.1 Å². The fraction of sp³-hybridized carbons (Fsp3) is 0.326. The molecule has 0 N–H and O–H groups in total. The molecule has 1 heterocycles. The van der Waals surface area contributed by atoms with Crippen LogP contribution in [0.5, 0.6) is 5.75 Å². The predicted octanol–water partition coefficient (Wildman–Crippen LogP) is 11.9. The molecule has 0 aliphatic carbocycles. The van der Waals surface area contributed by atoms with E-state index in [4.69, 9.17) is 9.57 Å². The van der Waals surface area contributed by atoms with Crippen LogP contribution >= 0.6 is 0 Å². The monoisotopic (exact) mass is 766 g/mol. The highest BCUT2D eigenvalue weighted by Gasteiger charge is 2.42. The van der Waals surface area contributed by atoms with Gasteiger partial charge in [-0.25, -0.2) is 13.6 Å². The first kappa shape index (κ1) is 40.2. The fourth-order valence-electron chi connectivity index (χ4n) is 7.73. The summed E-state index contributed by atoms with van der Waals surface area (Å²) < 4.78 is 62.2. The second kappa shape index (κ2) is 16.7. The molecule has 6 nitrogen and oxygen atoms in total. The molecule has 0 radical (unpaired) electrons. The molecule has 0 aliphatic rings. The molecule has 1 aromatic heterocycles. The number of aromatic nitrogens is 1. The number of ether oxygens (including phenoxy) is 1. The van der Waals surface area contributed by atoms with Crippen molar-refractivity contribution in [1.29, 1.82) is 0 Å². The van der Waals surface area contributed by atoms with Gasteiger partial charge in [-0.15, -0.1) is 0 Å². The van der Waals surface area contributed by atoms with Gasteiger partial charge in [0, 0.05) is 57.4 Å². The molecule has 292 valence electrons. The van der Waals surface area contributed by atoms with Crippen LogP contribution in [0, 0.1) is 26.7 Å². The molecule has 0 spiro atoms. The van der Waals surface area contributed by atoms with E-state index in [-0.39, 0.29) is 22.8 Å². The molecule has 0 amide bonds. The van der Waals surface area contributed by atoms with Crippen LogP contribution < -0.4 is 4.74 Å². The molecular weight excluding hydrogens is 721 g/mol. The molecule has 0 saturated heterocycles. The summed E-state index contributed by atoms with van der Waals surface area (Å²) in [6, 6.07) is 25.5. The summed E-state index contributed by atoms with van der Waals surface area (Å²) in [6.45, 7) is 10.6. The zero-order valence-electron chi connectivity index (χ0n) is 32.5. The molecule has 0 fully saturated rings. The molecule has 1 atom stereocenters. The van der Waals surface area contributed by atoms with Crippen LogP contribution in [0.15, 0.2) is 90.1 Å². The molecule has 5 aromatic carbocycles. The van der Waals surface area contributed by atoms with Crippen molar-refractivity contribution in [3.05, 3.63) is 124 Å². The number of aryl methyl sites for hydroxylation is 3. The summed E-state index contributed by atoms with van der Waals surface area (Å²) in [5, 5.41) is 7.42. The number of unbranched alkanes of at least 4 members (excludes halogenated alkanes) is 1. The van der Waals surface area contributed by atoms with Crippen LogP contribution in [0.2, 0.25) is 0 Å². The van der Waals surface area contributed by atoms with Gasteiger partial charge in [-0.3, -0.25) is 4.79 Å². The van der Waals surface area contributed by atoms with Gasteiger partial charge in [0.05, 0.1) is 5.52 Å². The van der Waals surface area contributed by atoms with Crippen molar-refractivity contribution >= 4 is 50.0 Å². The van der Waals surface area contributed by atoms with Crippen molar-refractivity contribution in [3.8, 4) is 5.75 Å². The standard InChI is InChI=1S/C46H46F4N2O4/c1-7-9-14-31(8-2)25-52-39-20-19-32(44(54)41-28(4)21-27(3)22-29(41)5)23-36(39)38-24-37(33-15-10-11-16-34(33)43(38)52)42(51-56-30(6)53)35-17-12-13-18-40(35)55-26-46(49,50)45(47)48/h10-13,15-24,31,45H,7-9,14,25-26H2,1-6H3/b51-42+. The van der Waals surface area contributed by atoms with Crippen molar-refractivity contribution in [3.63, 3.8) is 0 Å². The van der Waals surface area contributed by atoms with Gasteiger partial charge in [-0.2, -0.15) is 8.78 Å². The largest absolute Gasteiger partial charge is 0.486 e. The lowest BCUT2D eigenvalue weighted by Crippen LogP contribution is -2.34. The van der Waals surface area contributed by atoms with Crippen LogP contribution in [-0.2, 0) is 16.2 Å². The number of oxime groups is 1. The van der Waals surface area contributed by atoms with E-state index in [2.05, 4.69) is 23.6 Å². The minimum atomic E-state index is -4.41. The topological polar surface area (TPSA) is 69.9 Å². The summed E-state index contributed by atoms with van der Waals surface area (Å²) in [5.41, 5.74) is 6.60. The number of carbonyl (C=O) groups excluding carboxylic acids is 2. The number of hydrogen-bond donors (Lipinski definition) is 0. The highest BCUT2D eigenvalue weighted by Crippen LogP contribution is 2.40. The van der Waals surface area contributed by atoms with E-state index in [1.54, 1.807) is 12.1 Å². The Labute approximate surface area is 324 Å². The zero-order valence-corrected chi connectivity index (χ0v) is 32.5. The van der Waals surface area contributed by atoms with Gasteiger partial charge in [0.1, 0.15) is 11.5 Å². The SMILES string of the molecule is CCCCC(CC)Cn1c2ccc(C(=O)c3c(C)cc(C)cc3C)cc2c2cc(/C(=N/OC(C)=O)c3ccccc3OCC(F)(F)C(F)F)c3ccccc3c21. The third-order valence-electron chi connectivity index (χ3n) is 10.4. The Balaban J connectivity index is 1.65. The predicted molar refractivity (Wildman–Crippen MR) is 215 cm³/mol. The van der Waals surface area contributed by atoms with E-state index in [1.165, 1.54) is 19.1 Å². The molecule has 10 heteroatoms. The Bertz CT molecular complexity index is 2440. The Morgan fingerprint density at radius 2 is 1.50 bits per heavy atom. The number of hydrogen-bond acceptors (Lipinski definition) is 5. The quantitative estimate of drug-likeness (QED) is 0.0343. The summed E-state index contributed by atoms with van der Waals surface area (Å²) in [5.74, 6) is -5.00. The maximum Gasteiger partial charge on any atom is 0.340 e. The summed E-state index contributed by atoms with van der Waals surface area (Å²) >= 11 is 0. The number of nitrogens with zero attached hydrogens (tertiary/aromatic N) is 2. The van der Waals surface area contributed by atoms with Gasteiger partial charge in [-0.05, 0) is 86.0 Å². The normalized spacial score (nSPS) is 12.9. The van der Waals surface area contributed by atoms with Gasteiger partial charge in [0.25, 0.3) is 0 Å². The van der Waals surface area contributed by atoms with E-state index in [0.29, 0.717) is 28.0 Å². The van der Waals surface area contributed by atoms with Gasteiger partial charge >= 0.3 is 18.3 Å². The van der Waals surface area contributed by atoms with E-state index in [9.17, 15) is 27.2 Å². The molecule has 0 aliphatic heterocycles. The maximum absolute atomic E-state index is 14.3. The van der Waals surface area contributed by atoms with Gasteiger partial charge in [0.15, 0.2) is 12.4 Å². The van der Waals surface area contributed by atoms with E-state index >= 15 is 0 Å². The Hall–Kier alpha value is -5.51. The minimum absolute atomic E-state index is 0.0719. The second-order valence-electron chi connectivity index (χ2n) is 14.6. The summed E-state index contributed by atoms with van der Waals surface area (Å²) in [4.78, 5) is 31.7. The van der Waals surface area contributed by atoms with E-state index in [1.807, 2.05) is 81.4 Å². The average Bonchev–Trinajstić information content (AvgIpc) is 3.47. The molecule has 6 aromatic rings. The smallest absolute Gasteiger partial charge is 0.340 e. The highest BCUT2D eigenvalue weighted by atomic mass is 19.3. The van der Waals surface area contributed by atoms with Gasteiger partial charge < -0.3 is 14.1 Å². The number of rotatable bonds is 15. The molecular formula is C46H46F4N2O4. The number of alkyl halides is 4. The number of halogens is 4. The molecule has 6 rings (SSSR count). The second-order valence-corrected chi connectivity index (χ2v) is 14.6. The fourth-order valence-corrected chi connectivity index (χ4v) is 7.73. The lowest BCUT2D eigenvalue weighted by molar-refractivity contribution is -0.148. The third-order valence-corrected chi connectivity index (χ3v) is 10.4. The highest BCUT2D eigenvalue weighted by molar-refractivity contribution is 6.28. The molecule has 1 unspecified atom stereocenters. The van der Waals surface area contributed by atoms with Crippen LogP contribution in [-0.4, -0.2) is 41.0 Å². The number of benzene rings is 5. The van der Waals surface area contributed by atoms with Crippen molar-refractivity contribution < 1.29 is 36.7 Å². The molecule has 0 bridgehead atoms. The lowest BCUT2D eigenvalue weighted by atomic mass is 9.91. The van der Waals surface area contributed by atoms with Crippen molar-refractivity contribution in [2.75, 3.05) is 6.61 Å². The Morgan fingerprint density at radius 1 is 0.821 bits per heavy atom. The van der Waals surface area contributed by atoms with Crippen LogP contribution in [0.4, 0.5) is 17.6 Å². The summed E-state index contributed by atoms with van der Waals surface area (Å²) in [7, 11) is 0. The molecule has 56 heavy (non-hydrogen) atoms. The maximum atomic E-state index is 14.3. The van der Waals surface area contributed by atoms with E-state index < -0.39 is 24.9 Å². The van der Waals surface area contributed by atoms with Crippen LogP contribution in [0.1, 0.15) is 90.2 Å².